The molecule has 0 bridgehead atoms. The smallest absolute Gasteiger partial charge is 0.343 e. The number of aryl methyl sites for hydroxylation is 1. The molecule has 0 radical (unpaired) electrons. The van der Waals surface area contributed by atoms with Gasteiger partial charge in [-0.3, -0.25) is 14.4 Å². The minimum atomic E-state index is -0.723. The summed E-state index contributed by atoms with van der Waals surface area (Å²) in [6.07, 6.45) is -0.0488. The average molecular weight is 516 g/mol. The Morgan fingerprint density at radius 3 is 2.03 bits per heavy atom. The lowest BCUT2D eigenvalue weighted by Gasteiger charge is -2.16. The van der Waals surface area contributed by atoms with E-state index in [-0.39, 0.29) is 30.2 Å². The van der Waals surface area contributed by atoms with Gasteiger partial charge >= 0.3 is 17.9 Å². The lowest BCUT2D eigenvalue weighted by molar-refractivity contribution is -0.147. The predicted octanol–water partition coefficient (Wildman–Crippen LogP) is 3.78. The molecule has 1 fully saturated rings. The van der Waals surface area contributed by atoms with Crippen LogP contribution in [0.1, 0.15) is 43.1 Å². The van der Waals surface area contributed by atoms with Crippen LogP contribution in [-0.4, -0.2) is 49.9 Å². The Bertz CT molecular complexity index is 1360. The van der Waals surface area contributed by atoms with Crippen LogP contribution in [0.15, 0.2) is 72.8 Å². The van der Waals surface area contributed by atoms with E-state index in [0.29, 0.717) is 16.8 Å². The summed E-state index contributed by atoms with van der Waals surface area (Å²) in [5, 5.41) is 0. The highest BCUT2D eigenvalue weighted by Gasteiger charge is 2.36. The molecular formula is C29H25NO8. The predicted molar refractivity (Wildman–Crippen MR) is 136 cm³/mol. The van der Waals surface area contributed by atoms with Crippen molar-refractivity contribution in [2.24, 2.45) is 5.92 Å². The lowest BCUT2D eigenvalue weighted by atomic mass is 10.1. The minimum Gasteiger partial charge on any atom is -0.465 e. The molecule has 0 N–H and O–H groups in total. The summed E-state index contributed by atoms with van der Waals surface area (Å²) in [4.78, 5) is 62.8. The number of carbonyl (C=O) groups is 5. The lowest BCUT2D eigenvalue weighted by Crippen LogP contribution is -2.27. The maximum absolute atomic E-state index is 12.5. The Balaban J connectivity index is 1.28. The fraction of sp³-hybridized carbons (Fsp3) is 0.207. The maximum atomic E-state index is 12.5. The Hall–Kier alpha value is -4.79. The summed E-state index contributed by atoms with van der Waals surface area (Å²) in [5.41, 5.74) is 2.59. The number of ether oxygens (including phenoxy) is 3. The maximum Gasteiger partial charge on any atom is 0.343 e. The topological polar surface area (TPSA) is 116 Å². The van der Waals surface area contributed by atoms with E-state index in [1.807, 2.05) is 19.1 Å². The highest BCUT2D eigenvalue weighted by molar-refractivity contribution is 6.01. The molecule has 4 rings (SSSR count). The van der Waals surface area contributed by atoms with Crippen molar-refractivity contribution in [3.05, 3.63) is 95.1 Å². The van der Waals surface area contributed by atoms with E-state index in [4.69, 9.17) is 9.47 Å². The monoisotopic (exact) mass is 515 g/mol. The molecule has 1 saturated heterocycles. The third-order valence-electron chi connectivity index (χ3n) is 6.08. The molecule has 194 valence electrons. The largest absolute Gasteiger partial charge is 0.465 e. The van der Waals surface area contributed by atoms with Crippen molar-refractivity contribution >= 4 is 35.3 Å². The number of hydrogen-bond acceptors (Lipinski definition) is 8. The van der Waals surface area contributed by atoms with E-state index >= 15 is 0 Å². The van der Waals surface area contributed by atoms with Gasteiger partial charge in [0.25, 0.3) is 0 Å². The summed E-state index contributed by atoms with van der Waals surface area (Å²) >= 11 is 0. The van der Waals surface area contributed by atoms with Gasteiger partial charge in [0.2, 0.25) is 5.91 Å². The molecule has 3 aromatic rings. The number of nitrogens with zero attached hydrogens (tertiary/aromatic N) is 1. The van der Waals surface area contributed by atoms with Crippen LogP contribution in [0, 0.1) is 12.8 Å². The van der Waals surface area contributed by atoms with Crippen LogP contribution in [0.2, 0.25) is 0 Å². The Morgan fingerprint density at radius 2 is 1.39 bits per heavy atom. The Labute approximate surface area is 218 Å². The second kappa shape index (κ2) is 11.5. The van der Waals surface area contributed by atoms with Crippen molar-refractivity contribution < 1.29 is 38.2 Å². The minimum absolute atomic E-state index is 0.0488. The first kappa shape index (κ1) is 26.3. The van der Waals surface area contributed by atoms with Crippen LogP contribution in [0.3, 0.4) is 0 Å². The fourth-order valence-electron chi connectivity index (χ4n) is 3.91. The van der Waals surface area contributed by atoms with E-state index in [1.165, 1.54) is 48.4 Å². The summed E-state index contributed by atoms with van der Waals surface area (Å²) in [5.74, 6) is -2.81. The zero-order valence-corrected chi connectivity index (χ0v) is 20.8. The van der Waals surface area contributed by atoms with Gasteiger partial charge in [0, 0.05) is 24.2 Å². The molecule has 0 aliphatic carbocycles. The first-order valence-electron chi connectivity index (χ1n) is 11.8. The molecule has 1 aliphatic rings. The molecule has 0 saturated carbocycles. The van der Waals surface area contributed by atoms with Gasteiger partial charge in [-0.2, -0.15) is 0 Å². The molecule has 1 heterocycles. The van der Waals surface area contributed by atoms with Gasteiger partial charge in [-0.1, -0.05) is 17.7 Å². The third kappa shape index (κ3) is 6.12. The number of anilines is 1. The molecule has 0 spiro atoms. The number of Topliss-reactive ketones (excluding diaryl/α,β-unsaturated/α-hetero) is 1. The summed E-state index contributed by atoms with van der Waals surface area (Å²) in [7, 11) is 1.28. The van der Waals surface area contributed by atoms with Crippen molar-refractivity contribution in [2.75, 3.05) is 25.2 Å². The third-order valence-corrected chi connectivity index (χ3v) is 6.08. The van der Waals surface area contributed by atoms with Crippen molar-refractivity contribution in [1.82, 2.24) is 0 Å². The molecule has 9 heteroatoms. The number of amides is 1. The molecule has 1 aliphatic heterocycles. The SMILES string of the molecule is COC(=O)c1ccc(N2C[C@@H](C(=O)OCC(=O)c3ccc(OC(=O)c4ccc(C)cc4)cc3)CC2=O)cc1. The van der Waals surface area contributed by atoms with Gasteiger partial charge in [-0.05, 0) is 67.6 Å². The number of hydrogen-bond donors (Lipinski definition) is 0. The Morgan fingerprint density at radius 1 is 0.816 bits per heavy atom. The van der Waals surface area contributed by atoms with Gasteiger partial charge in [-0.15, -0.1) is 0 Å². The second-order valence-electron chi connectivity index (χ2n) is 8.75. The first-order chi connectivity index (χ1) is 18.2. The van der Waals surface area contributed by atoms with Crippen LogP contribution >= 0.6 is 0 Å². The van der Waals surface area contributed by atoms with Crippen LogP contribution in [0.25, 0.3) is 0 Å². The van der Waals surface area contributed by atoms with Gasteiger partial charge in [0.05, 0.1) is 24.2 Å². The summed E-state index contributed by atoms with van der Waals surface area (Å²) in [6.45, 7) is 1.53. The zero-order valence-electron chi connectivity index (χ0n) is 20.8. The van der Waals surface area contributed by atoms with Crippen LogP contribution in [0.4, 0.5) is 5.69 Å². The molecule has 3 aromatic carbocycles. The van der Waals surface area contributed by atoms with Gasteiger partial charge in [0.1, 0.15) is 5.75 Å². The summed E-state index contributed by atoms with van der Waals surface area (Å²) < 4.78 is 15.2. The van der Waals surface area contributed by atoms with Crippen molar-refractivity contribution in [2.45, 2.75) is 13.3 Å². The second-order valence-corrected chi connectivity index (χ2v) is 8.75. The van der Waals surface area contributed by atoms with E-state index in [0.717, 1.165) is 5.56 Å². The van der Waals surface area contributed by atoms with Crippen LogP contribution in [-0.2, 0) is 19.1 Å². The highest BCUT2D eigenvalue weighted by atomic mass is 16.5. The highest BCUT2D eigenvalue weighted by Crippen LogP contribution is 2.26. The average Bonchev–Trinajstić information content (AvgIpc) is 3.33. The van der Waals surface area contributed by atoms with Crippen molar-refractivity contribution in [3.63, 3.8) is 0 Å². The summed E-state index contributed by atoms with van der Waals surface area (Å²) in [6, 6.07) is 19.2. The zero-order chi connectivity index (χ0) is 27.2. The van der Waals surface area contributed by atoms with Crippen LogP contribution in [0.5, 0.6) is 5.75 Å². The van der Waals surface area contributed by atoms with E-state index in [1.54, 1.807) is 24.3 Å². The standard InChI is InChI=1S/C29H25NO8/c1-18-3-5-21(6-4-18)29(35)38-24-13-9-19(10-14-24)25(31)17-37-28(34)22-15-26(32)30(16-22)23-11-7-20(8-12-23)27(33)36-2/h3-14,22H,15-17H2,1-2H3/t22-/m0/s1. The molecule has 9 nitrogen and oxygen atoms in total. The fourth-order valence-corrected chi connectivity index (χ4v) is 3.91. The molecule has 0 unspecified atom stereocenters. The van der Waals surface area contributed by atoms with Gasteiger partial charge in [0.15, 0.2) is 12.4 Å². The van der Waals surface area contributed by atoms with Crippen LogP contribution < -0.4 is 9.64 Å². The number of rotatable bonds is 8. The number of esters is 3. The van der Waals surface area contributed by atoms with Crippen molar-refractivity contribution in [3.8, 4) is 5.75 Å². The van der Waals surface area contributed by atoms with E-state index < -0.39 is 36.2 Å². The van der Waals surface area contributed by atoms with Gasteiger partial charge in [-0.25, -0.2) is 9.59 Å². The molecule has 1 atom stereocenters. The number of benzene rings is 3. The molecule has 1 amide bonds. The van der Waals surface area contributed by atoms with Crippen molar-refractivity contribution in [1.29, 1.82) is 0 Å². The van der Waals surface area contributed by atoms with Gasteiger partial charge < -0.3 is 19.1 Å². The van der Waals surface area contributed by atoms with E-state index in [9.17, 15) is 24.0 Å². The first-order valence-corrected chi connectivity index (χ1v) is 11.8. The molecule has 0 aromatic heterocycles. The number of methoxy groups -OCH3 is 1. The number of ketones is 1. The van der Waals surface area contributed by atoms with E-state index in [2.05, 4.69) is 4.74 Å². The molecule has 38 heavy (non-hydrogen) atoms. The Kier molecular flexibility index (Phi) is 7.96. The normalized spacial score (nSPS) is 14.6. The quantitative estimate of drug-likeness (QED) is 0.253. The molecular weight excluding hydrogens is 490 g/mol. The number of carbonyl (C=O) groups excluding carboxylic acids is 5.